The summed E-state index contributed by atoms with van der Waals surface area (Å²) in [6.45, 7) is 0. The Bertz CT molecular complexity index is 137. The molecule has 3 nitrogen and oxygen atoms in total. The Morgan fingerprint density at radius 2 is 1.30 bits per heavy atom. The van der Waals surface area contributed by atoms with Crippen LogP contribution in [0.25, 0.3) is 0 Å². The quantitative estimate of drug-likeness (QED) is 0.469. The van der Waals surface area contributed by atoms with Gasteiger partial charge in [-0.25, -0.2) is 0 Å². The lowest BCUT2D eigenvalue weighted by Crippen LogP contribution is -1.76. The molecule has 0 saturated heterocycles. The molecule has 0 aromatic heterocycles. The van der Waals surface area contributed by atoms with Crippen LogP contribution in [0, 0.1) is 18.0 Å². The molecule has 0 fully saturated rings. The summed E-state index contributed by atoms with van der Waals surface area (Å²) < 4.78 is 4.44. The van der Waals surface area contributed by atoms with Crippen LogP contribution in [-0.4, -0.2) is 37.9 Å². The second-order valence-corrected chi connectivity index (χ2v) is 2.01. The van der Waals surface area contributed by atoms with Crippen molar-refractivity contribution in [1.29, 1.82) is 0 Å². The van der Waals surface area contributed by atoms with Gasteiger partial charge in [0.1, 0.15) is 0 Å². The molecule has 0 aromatic carbocycles. The third kappa shape index (κ3) is 135. The minimum absolute atomic E-state index is 0. The van der Waals surface area contributed by atoms with Gasteiger partial charge < -0.3 is 14.4 Å². The van der Waals surface area contributed by atoms with Gasteiger partial charge in [-0.3, -0.25) is 0 Å². The molecule has 0 bridgehead atoms. The lowest BCUT2D eigenvalue weighted by Gasteiger charge is -1.66. The summed E-state index contributed by atoms with van der Waals surface area (Å²) in [5.41, 5.74) is 0. The molecule has 0 unspecified atom stereocenters. The smallest absolute Gasteiger partial charge is 0.240 e. The van der Waals surface area contributed by atoms with E-state index in [-0.39, 0.29) is 31.3 Å². The maximum Gasteiger partial charge on any atom is 0.240 e. The zero-order valence-corrected chi connectivity index (χ0v) is 7.59. The summed E-state index contributed by atoms with van der Waals surface area (Å²) >= 11 is 0. The molecule has 0 radical (unpaired) electrons. The van der Waals surface area contributed by atoms with E-state index in [2.05, 4.69) is 10.1 Å². The van der Waals surface area contributed by atoms with Crippen LogP contribution in [-0.2, 0) is 4.12 Å². The van der Waals surface area contributed by atoms with Gasteiger partial charge in [-0.2, -0.15) is 0 Å². The molecule has 56 valence electrons. The van der Waals surface area contributed by atoms with E-state index in [1.165, 1.54) is 0 Å². The normalized spacial score (nSPS) is 2.50. The molecule has 0 aliphatic carbocycles. The molecule has 0 aliphatic heterocycles. The predicted octanol–water partition coefficient (Wildman–Crippen LogP) is -1.58. The van der Waals surface area contributed by atoms with Crippen LogP contribution >= 0.6 is 0 Å². The Kier molecular flexibility index (Phi) is 87.6. The van der Waals surface area contributed by atoms with E-state index in [0.29, 0.717) is 0 Å². The van der Waals surface area contributed by atoms with E-state index in [9.17, 15) is 0 Å². The van der Waals surface area contributed by atoms with Crippen molar-refractivity contribution in [3.63, 3.8) is 0 Å². The summed E-state index contributed by atoms with van der Waals surface area (Å²) in [6.07, 6.45) is 0. The topological polar surface area (TPSA) is 61.0 Å². The highest BCUT2D eigenvalue weighted by Gasteiger charge is 1.47. The van der Waals surface area contributed by atoms with Gasteiger partial charge in [-0.15, -0.1) is 18.0 Å². The third-order valence-corrected chi connectivity index (χ3v) is 1.06. The van der Waals surface area contributed by atoms with E-state index in [1.807, 2.05) is 0 Å². The summed E-state index contributed by atoms with van der Waals surface area (Å²) in [7, 11) is -0.326. The highest BCUT2D eigenvalue weighted by atomic mass is 28.3. The lowest BCUT2D eigenvalue weighted by molar-refractivity contribution is 0.625. The maximum atomic E-state index is 7.38. The van der Waals surface area contributed by atoms with Gasteiger partial charge in [0.05, 0.1) is 0 Å². The molecule has 0 aliphatic rings. The average Bonchev–Trinajstić information content (AvgIpc) is 1.71. The Morgan fingerprint density at radius 3 is 1.30 bits per heavy atom. The fourth-order valence-electron chi connectivity index (χ4n) is 0.0340. The Labute approximate surface area is 68.0 Å². The minimum Gasteiger partial charge on any atom is -0.521 e. The van der Waals surface area contributed by atoms with Crippen molar-refractivity contribution < 1.29 is 14.4 Å². The van der Waals surface area contributed by atoms with Crippen molar-refractivity contribution in [3.8, 4) is 18.0 Å². The summed E-state index contributed by atoms with van der Waals surface area (Å²) in [5.74, 6) is 0. The Hall–Kier alpha value is -0.449. The summed E-state index contributed by atoms with van der Waals surface area (Å²) in [6, 6.07) is 14.2. The zero-order valence-electron chi connectivity index (χ0n) is 4.59. The molecule has 3 N–H and O–H groups in total. The van der Waals surface area contributed by atoms with Crippen molar-refractivity contribution in [3.05, 3.63) is 0 Å². The van der Waals surface area contributed by atoms with Crippen molar-refractivity contribution in [2.24, 2.45) is 0 Å². The fraction of sp³-hybridized carbons (Fsp3) is 0.250. The van der Waals surface area contributed by atoms with Gasteiger partial charge in [-0.05, 0) is 0 Å². The summed E-state index contributed by atoms with van der Waals surface area (Å²) in [5, 5.41) is 0. The molecule has 0 amide bonds. The standard InChI is InChI=1S/C2H2OSi2.CH2OSi.CH4.H2O/c1-4-3-5-2;1-3-2;;/h1-2H;1-2H;1H4;1H2. The van der Waals surface area contributed by atoms with E-state index < -0.39 is 9.20 Å². The number of rotatable bonds is 0. The molecule has 10 heavy (non-hydrogen) atoms. The highest BCUT2D eigenvalue weighted by Crippen LogP contribution is 1.32. The van der Waals surface area contributed by atoms with Crippen molar-refractivity contribution in [2.75, 3.05) is 0 Å². The number of hydrogen-bond donors (Lipinski definition) is 1. The van der Waals surface area contributed by atoms with E-state index >= 15 is 0 Å². The monoisotopic (exact) mass is 190 g/mol. The highest BCUT2D eigenvalue weighted by molar-refractivity contribution is 6.28. The van der Waals surface area contributed by atoms with E-state index in [4.69, 9.17) is 16.8 Å². The van der Waals surface area contributed by atoms with Crippen LogP contribution in [0.3, 0.4) is 0 Å². The first-order valence-electron chi connectivity index (χ1n) is 1.50. The van der Waals surface area contributed by atoms with Crippen molar-refractivity contribution in [1.82, 2.24) is 0 Å². The molecule has 0 heterocycles. The molecule has 0 saturated carbocycles. The molecular formula is C4H10O3Si3. The average molecular weight is 190 g/mol. The zero-order chi connectivity index (χ0) is 6.83. The van der Waals surface area contributed by atoms with Gasteiger partial charge in [-0.1, -0.05) is 7.43 Å². The predicted molar refractivity (Wildman–Crippen MR) is 45.7 cm³/mol. The van der Waals surface area contributed by atoms with E-state index in [0.717, 1.165) is 0 Å². The fourth-order valence-corrected chi connectivity index (χ4v) is 0.306. The summed E-state index contributed by atoms with van der Waals surface area (Å²) in [4.78, 5) is 7.38. The van der Waals surface area contributed by atoms with E-state index in [1.54, 1.807) is 0 Å². The first kappa shape index (κ1) is 22.7. The van der Waals surface area contributed by atoms with Crippen molar-refractivity contribution in [2.45, 2.75) is 7.43 Å². The van der Waals surface area contributed by atoms with Crippen LogP contribution < -0.4 is 0 Å². The van der Waals surface area contributed by atoms with Crippen LogP contribution in [0.4, 0.5) is 0 Å². The minimum atomic E-state index is -0.417. The van der Waals surface area contributed by atoms with Gasteiger partial charge >= 0.3 is 0 Å². The van der Waals surface area contributed by atoms with Gasteiger partial charge in [0.2, 0.25) is 27.6 Å². The van der Waals surface area contributed by atoms with Crippen LogP contribution in [0.5, 0.6) is 0 Å². The Morgan fingerprint density at radius 1 is 1.10 bits per heavy atom. The maximum absolute atomic E-state index is 7.38. The van der Waals surface area contributed by atoms with Crippen LogP contribution in [0.1, 0.15) is 7.43 Å². The van der Waals surface area contributed by atoms with Gasteiger partial charge in [0.15, 0.2) is 0 Å². The van der Waals surface area contributed by atoms with Crippen LogP contribution in [0.15, 0.2) is 0 Å². The first-order valence-corrected chi connectivity index (χ1v) is 4.49. The molecule has 6 heteroatoms. The van der Waals surface area contributed by atoms with Crippen LogP contribution in [0.2, 0.25) is 0 Å². The molecule has 0 atom stereocenters. The molecule has 0 aromatic rings. The molecule has 0 spiro atoms. The second kappa shape index (κ2) is 38.7. The SMILES string of the molecule is C.C#[Si]O.C#[Si]O[Si]#C.O. The Balaban J connectivity index is -0.0000000326. The van der Waals surface area contributed by atoms with Gasteiger partial charge in [0.25, 0.3) is 0 Å². The third-order valence-electron chi connectivity index (χ3n) is 0.118. The van der Waals surface area contributed by atoms with Gasteiger partial charge in [0, 0.05) is 0 Å². The first-order chi connectivity index (χ1) is 3.83. The molecular weight excluding hydrogens is 180 g/mol. The second-order valence-electron chi connectivity index (χ2n) is 0.467. The van der Waals surface area contributed by atoms with Crippen molar-refractivity contribution >= 4 is 27.6 Å². The molecule has 0 rings (SSSR count). The lowest BCUT2D eigenvalue weighted by atomic mass is 12.0. The number of hydrogen-bond acceptors (Lipinski definition) is 2. The largest absolute Gasteiger partial charge is 0.521 e.